The van der Waals surface area contributed by atoms with Gasteiger partial charge < -0.3 is 5.11 Å². The van der Waals surface area contributed by atoms with E-state index < -0.39 is 23.7 Å². The van der Waals surface area contributed by atoms with Crippen LogP contribution in [0.3, 0.4) is 0 Å². The Balaban J connectivity index is 2.43. The second-order valence-corrected chi connectivity index (χ2v) is 4.19. The van der Waals surface area contributed by atoms with Gasteiger partial charge in [-0.15, -0.1) is 0 Å². The van der Waals surface area contributed by atoms with Gasteiger partial charge in [-0.1, -0.05) is 11.6 Å². The van der Waals surface area contributed by atoms with Gasteiger partial charge in [-0.25, -0.2) is 9.18 Å². The van der Waals surface area contributed by atoms with Crippen molar-refractivity contribution in [3.05, 3.63) is 29.0 Å². The molecule has 6 heteroatoms. The quantitative estimate of drug-likeness (QED) is 0.882. The zero-order chi connectivity index (χ0) is 12.6. The van der Waals surface area contributed by atoms with Crippen LogP contribution in [0.15, 0.2) is 18.2 Å². The van der Waals surface area contributed by atoms with Gasteiger partial charge in [0.2, 0.25) is 5.91 Å². The Kier molecular flexibility index (Phi) is 3.02. The van der Waals surface area contributed by atoms with E-state index in [1.54, 1.807) is 0 Å². The number of anilines is 1. The summed E-state index contributed by atoms with van der Waals surface area (Å²) in [5.74, 6) is -2.22. The molecule has 1 N–H and O–H groups in total. The minimum Gasteiger partial charge on any atom is -0.480 e. The van der Waals surface area contributed by atoms with E-state index in [9.17, 15) is 14.0 Å². The van der Waals surface area contributed by atoms with Crippen molar-refractivity contribution in [1.82, 2.24) is 0 Å². The molecule has 1 fully saturated rings. The van der Waals surface area contributed by atoms with Crippen molar-refractivity contribution in [2.75, 3.05) is 4.90 Å². The fourth-order valence-corrected chi connectivity index (χ4v) is 2.06. The third kappa shape index (κ3) is 2.10. The lowest BCUT2D eigenvalue weighted by atomic mass is 10.2. The average Bonchev–Trinajstić information content (AvgIpc) is 2.60. The van der Waals surface area contributed by atoms with Gasteiger partial charge in [0.25, 0.3) is 0 Å². The molecule has 0 bridgehead atoms. The van der Waals surface area contributed by atoms with E-state index in [4.69, 9.17) is 16.7 Å². The van der Waals surface area contributed by atoms with Gasteiger partial charge in [-0.2, -0.15) is 0 Å². The van der Waals surface area contributed by atoms with E-state index >= 15 is 0 Å². The van der Waals surface area contributed by atoms with Crippen LogP contribution >= 0.6 is 11.6 Å². The van der Waals surface area contributed by atoms with Crippen molar-refractivity contribution in [3.63, 3.8) is 0 Å². The molecule has 1 heterocycles. The van der Waals surface area contributed by atoms with Crippen LogP contribution in [0.2, 0.25) is 5.02 Å². The Hall–Kier alpha value is -1.62. The van der Waals surface area contributed by atoms with Crippen LogP contribution < -0.4 is 4.90 Å². The molecule has 0 aromatic heterocycles. The Bertz CT molecular complexity index is 492. The molecule has 1 aliphatic rings. The van der Waals surface area contributed by atoms with E-state index in [-0.39, 0.29) is 23.6 Å². The van der Waals surface area contributed by atoms with Crippen LogP contribution in [0.25, 0.3) is 0 Å². The van der Waals surface area contributed by atoms with Gasteiger partial charge >= 0.3 is 5.97 Å². The summed E-state index contributed by atoms with van der Waals surface area (Å²) >= 11 is 5.60. The van der Waals surface area contributed by atoms with E-state index in [0.717, 1.165) is 11.0 Å². The van der Waals surface area contributed by atoms with Crippen molar-refractivity contribution in [3.8, 4) is 0 Å². The third-order valence-corrected chi connectivity index (χ3v) is 2.90. The van der Waals surface area contributed by atoms with Crippen LogP contribution in [0.5, 0.6) is 0 Å². The van der Waals surface area contributed by atoms with Gasteiger partial charge in [0, 0.05) is 11.4 Å². The van der Waals surface area contributed by atoms with Gasteiger partial charge in [0.1, 0.15) is 11.9 Å². The number of carbonyl (C=O) groups is 2. The second-order valence-electron chi connectivity index (χ2n) is 3.75. The third-order valence-electron chi connectivity index (χ3n) is 2.67. The number of carbonyl (C=O) groups excluding carboxylic acids is 1. The molecule has 0 unspecified atom stereocenters. The summed E-state index contributed by atoms with van der Waals surface area (Å²) in [5, 5.41) is 9.16. The highest BCUT2D eigenvalue weighted by molar-refractivity contribution is 6.30. The Morgan fingerprint density at radius 3 is 2.82 bits per heavy atom. The maximum Gasteiger partial charge on any atom is 0.326 e. The maximum absolute atomic E-state index is 13.6. The summed E-state index contributed by atoms with van der Waals surface area (Å²) in [6, 6.07) is 2.79. The molecule has 0 aliphatic carbocycles. The molecule has 1 saturated heterocycles. The monoisotopic (exact) mass is 257 g/mol. The number of benzene rings is 1. The van der Waals surface area contributed by atoms with Gasteiger partial charge in [0.05, 0.1) is 5.69 Å². The molecule has 0 radical (unpaired) electrons. The second kappa shape index (κ2) is 4.33. The number of amides is 1. The highest BCUT2D eigenvalue weighted by Crippen LogP contribution is 2.30. The summed E-state index contributed by atoms with van der Waals surface area (Å²) in [5.41, 5.74) is -0.0377. The molecule has 17 heavy (non-hydrogen) atoms. The lowest BCUT2D eigenvalue weighted by Crippen LogP contribution is -2.39. The number of aliphatic carboxylic acids is 1. The average molecular weight is 258 g/mol. The molecule has 2 rings (SSSR count). The first-order chi connectivity index (χ1) is 8.00. The van der Waals surface area contributed by atoms with Crippen LogP contribution in [0.1, 0.15) is 12.8 Å². The predicted molar refractivity (Wildman–Crippen MR) is 59.6 cm³/mol. The summed E-state index contributed by atoms with van der Waals surface area (Å²) < 4.78 is 13.6. The summed E-state index contributed by atoms with van der Waals surface area (Å²) in [6.45, 7) is 0. The number of rotatable bonds is 2. The molecular formula is C11H9ClFNO3. The number of carboxylic acid groups (broad SMARTS) is 1. The largest absolute Gasteiger partial charge is 0.480 e. The number of carboxylic acids is 1. The molecule has 0 saturated carbocycles. The molecule has 0 spiro atoms. The Morgan fingerprint density at radius 1 is 1.53 bits per heavy atom. The highest BCUT2D eigenvalue weighted by atomic mass is 35.5. The first kappa shape index (κ1) is 11.9. The fourth-order valence-electron chi connectivity index (χ4n) is 1.90. The summed E-state index contributed by atoms with van der Waals surface area (Å²) in [6.07, 6.45) is 0.301. The first-order valence-electron chi connectivity index (χ1n) is 5.00. The van der Waals surface area contributed by atoms with Crippen molar-refractivity contribution in [2.45, 2.75) is 18.9 Å². The Labute approximate surface area is 102 Å². The minimum absolute atomic E-state index is 0.0377. The fraction of sp³-hybridized carbons (Fsp3) is 0.273. The molecule has 1 aliphatic heterocycles. The zero-order valence-corrected chi connectivity index (χ0v) is 9.45. The lowest BCUT2D eigenvalue weighted by Gasteiger charge is -2.22. The van der Waals surface area contributed by atoms with Crippen LogP contribution in [-0.4, -0.2) is 23.0 Å². The van der Waals surface area contributed by atoms with Crippen LogP contribution in [0, 0.1) is 5.82 Å². The van der Waals surface area contributed by atoms with Gasteiger partial charge in [-0.05, 0) is 24.6 Å². The summed E-state index contributed by atoms with van der Waals surface area (Å²) in [4.78, 5) is 23.5. The smallest absolute Gasteiger partial charge is 0.326 e. The summed E-state index contributed by atoms with van der Waals surface area (Å²) in [7, 11) is 0. The molecule has 1 aromatic carbocycles. The van der Waals surface area contributed by atoms with Crippen molar-refractivity contribution in [1.29, 1.82) is 0 Å². The molecule has 4 nitrogen and oxygen atoms in total. The number of hydrogen-bond acceptors (Lipinski definition) is 2. The Morgan fingerprint density at radius 2 is 2.24 bits per heavy atom. The highest BCUT2D eigenvalue weighted by Gasteiger charge is 2.38. The van der Waals surface area contributed by atoms with Crippen molar-refractivity contribution < 1.29 is 19.1 Å². The number of nitrogens with zero attached hydrogens (tertiary/aromatic N) is 1. The lowest BCUT2D eigenvalue weighted by molar-refractivity contribution is -0.138. The standard InChI is InChI=1S/C11H9ClFNO3/c12-6-1-2-8(7(13)5-6)14-9(11(16)17)3-4-10(14)15/h1-2,5,9H,3-4H2,(H,16,17)/t9-/m0/s1. The van der Waals surface area contributed by atoms with Crippen LogP contribution in [0.4, 0.5) is 10.1 Å². The topological polar surface area (TPSA) is 57.6 Å². The zero-order valence-electron chi connectivity index (χ0n) is 8.69. The van der Waals surface area contributed by atoms with Gasteiger partial charge in [-0.3, -0.25) is 9.69 Å². The van der Waals surface area contributed by atoms with Gasteiger partial charge in [0.15, 0.2) is 0 Å². The number of halogens is 2. The van der Waals surface area contributed by atoms with Crippen molar-refractivity contribution in [2.24, 2.45) is 0 Å². The van der Waals surface area contributed by atoms with E-state index in [1.807, 2.05) is 0 Å². The van der Waals surface area contributed by atoms with E-state index in [0.29, 0.717) is 0 Å². The van der Waals surface area contributed by atoms with Crippen LogP contribution in [-0.2, 0) is 9.59 Å². The minimum atomic E-state index is -1.13. The number of hydrogen-bond donors (Lipinski definition) is 1. The first-order valence-corrected chi connectivity index (χ1v) is 5.38. The van der Waals surface area contributed by atoms with E-state index in [1.165, 1.54) is 12.1 Å². The molecule has 1 atom stereocenters. The molecule has 1 aromatic rings. The normalized spacial score (nSPS) is 19.8. The predicted octanol–water partition coefficient (Wildman–Crippen LogP) is 2.06. The maximum atomic E-state index is 13.6. The molecule has 90 valence electrons. The van der Waals surface area contributed by atoms with E-state index in [2.05, 4.69) is 0 Å². The molecular weight excluding hydrogens is 249 g/mol. The molecule has 1 amide bonds. The SMILES string of the molecule is O=C(O)[C@@H]1CCC(=O)N1c1ccc(Cl)cc1F. The van der Waals surface area contributed by atoms with Crippen molar-refractivity contribution >= 4 is 29.2 Å².